The lowest BCUT2D eigenvalue weighted by atomic mass is 9.90. The molecule has 0 spiro atoms. The summed E-state index contributed by atoms with van der Waals surface area (Å²) in [6, 6.07) is 65.2. The number of rotatable bonds is 7. The number of benzene rings is 10. The van der Waals surface area contributed by atoms with Crippen LogP contribution in [0.5, 0.6) is 5.75 Å². The van der Waals surface area contributed by atoms with Crippen molar-refractivity contribution >= 4 is 124 Å². The van der Waals surface area contributed by atoms with Gasteiger partial charge in [-0.2, -0.15) is 21.6 Å². The number of aromatic nitrogens is 1. The number of alkyl halides is 3. The maximum absolute atomic E-state index is 14.2. The van der Waals surface area contributed by atoms with E-state index in [1.165, 1.54) is 12.1 Å². The molecule has 0 fully saturated rings. The van der Waals surface area contributed by atoms with Crippen molar-refractivity contribution in [1.82, 2.24) is 4.57 Å². The molecule has 0 atom stereocenters. The van der Waals surface area contributed by atoms with E-state index in [1.54, 1.807) is 11.3 Å². The zero-order valence-electron chi connectivity index (χ0n) is 35.5. The molecule has 0 saturated carbocycles. The Bertz CT molecular complexity index is 4310. The Balaban J connectivity index is 1.13. The van der Waals surface area contributed by atoms with E-state index in [9.17, 15) is 21.6 Å². The summed E-state index contributed by atoms with van der Waals surface area (Å²) >= 11 is 1.66. The van der Waals surface area contributed by atoms with E-state index in [0.29, 0.717) is 33.3 Å². The minimum atomic E-state index is -6.09. The average Bonchev–Trinajstić information content (AvgIpc) is 4.03. The van der Waals surface area contributed by atoms with Crippen molar-refractivity contribution in [3.05, 3.63) is 200 Å². The average molecular weight is 931 g/mol. The minimum Gasteiger partial charge on any atom is -0.453 e. The maximum atomic E-state index is 14.2. The molecule has 0 aliphatic heterocycles. The zero-order valence-corrected chi connectivity index (χ0v) is 37.2. The fourth-order valence-electron chi connectivity index (χ4n) is 10.0. The van der Waals surface area contributed by atoms with Crippen molar-refractivity contribution in [3.8, 4) is 22.6 Å². The summed E-state index contributed by atoms with van der Waals surface area (Å²) in [7, 11) is -6.09. The number of anilines is 3. The first-order chi connectivity index (χ1) is 33.1. The molecule has 328 valence electrons. The topological polar surface area (TPSA) is 64.7 Å². The molecule has 0 aliphatic rings. The van der Waals surface area contributed by atoms with E-state index in [2.05, 4.69) is 59.2 Å². The van der Waals surface area contributed by atoms with Gasteiger partial charge >= 0.3 is 15.6 Å². The molecular weight excluding hydrogens is 898 g/mol. The number of hydrogen-bond acceptors (Lipinski definition) is 6. The lowest BCUT2D eigenvalue weighted by Gasteiger charge is -2.26. The second-order valence-electron chi connectivity index (χ2n) is 16.8. The van der Waals surface area contributed by atoms with Crippen molar-refractivity contribution in [2.75, 3.05) is 4.90 Å². The van der Waals surface area contributed by atoms with Gasteiger partial charge in [-0.3, -0.25) is 0 Å². The zero-order chi connectivity index (χ0) is 45.9. The lowest BCUT2D eigenvalue weighted by Crippen LogP contribution is -2.28. The lowest BCUT2D eigenvalue weighted by molar-refractivity contribution is -0.0500. The minimum absolute atomic E-state index is 0.280. The van der Waals surface area contributed by atoms with Gasteiger partial charge in [0, 0.05) is 75.6 Å². The molecule has 0 saturated heterocycles. The predicted octanol–water partition coefficient (Wildman–Crippen LogP) is 16.7. The molecule has 3 heterocycles. The summed E-state index contributed by atoms with van der Waals surface area (Å²) in [4.78, 5) is 1.87. The van der Waals surface area contributed by atoms with Gasteiger partial charge in [-0.15, -0.1) is 11.3 Å². The highest BCUT2D eigenvalue weighted by Crippen LogP contribution is 2.50. The molecule has 13 rings (SSSR count). The van der Waals surface area contributed by atoms with Crippen molar-refractivity contribution in [1.29, 1.82) is 0 Å². The molecule has 0 unspecified atom stereocenters. The second kappa shape index (κ2) is 14.9. The first kappa shape index (κ1) is 40.2. The normalized spacial score (nSPS) is 12.5. The van der Waals surface area contributed by atoms with Gasteiger partial charge in [0.2, 0.25) is 0 Å². The van der Waals surface area contributed by atoms with E-state index in [1.807, 2.05) is 138 Å². The Morgan fingerprint density at radius 3 is 1.79 bits per heavy atom. The van der Waals surface area contributed by atoms with Crippen LogP contribution in [0, 0.1) is 0 Å². The van der Waals surface area contributed by atoms with E-state index < -0.39 is 21.4 Å². The first-order valence-corrected chi connectivity index (χ1v) is 24.0. The number of furan rings is 1. The Hall–Kier alpha value is -8.12. The molecule has 13 aromatic rings. The van der Waals surface area contributed by atoms with Crippen LogP contribution in [0.1, 0.15) is 0 Å². The summed E-state index contributed by atoms with van der Waals surface area (Å²) in [5.74, 6) is -0.522. The highest BCUT2D eigenvalue weighted by atomic mass is 32.2. The number of para-hydroxylation sites is 3. The van der Waals surface area contributed by atoms with Crippen LogP contribution in [0.4, 0.5) is 30.2 Å². The van der Waals surface area contributed by atoms with E-state index in [0.717, 1.165) is 80.3 Å². The van der Waals surface area contributed by atoms with Crippen molar-refractivity contribution < 1.29 is 30.2 Å². The van der Waals surface area contributed by atoms with Gasteiger partial charge in [0.05, 0.1) is 16.7 Å². The summed E-state index contributed by atoms with van der Waals surface area (Å²) < 4.78 is 84.7. The van der Waals surface area contributed by atoms with Gasteiger partial charge in [-0.1, -0.05) is 121 Å². The van der Waals surface area contributed by atoms with Gasteiger partial charge in [0.1, 0.15) is 11.3 Å². The highest BCUT2D eigenvalue weighted by molar-refractivity contribution is 7.88. The van der Waals surface area contributed by atoms with E-state index in [-0.39, 0.29) is 5.69 Å². The van der Waals surface area contributed by atoms with Crippen LogP contribution < -0.4 is 9.08 Å². The van der Waals surface area contributed by atoms with Crippen LogP contribution in [-0.4, -0.2) is 18.5 Å². The molecule has 0 aliphatic carbocycles. The fourth-order valence-corrected chi connectivity index (χ4v) is 11.5. The van der Waals surface area contributed by atoms with Gasteiger partial charge in [-0.05, 0) is 94.7 Å². The number of halogens is 3. The molecule has 10 aromatic carbocycles. The summed E-state index contributed by atoms with van der Waals surface area (Å²) in [5, 5.41) is 8.77. The van der Waals surface area contributed by atoms with Crippen molar-refractivity contribution in [2.45, 2.75) is 5.51 Å². The summed E-state index contributed by atoms with van der Waals surface area (Å²) in [6.45, 7) is 0. The summed E-state index contributed by atoms with van der Waals surface area (Å²) in [5.41, 5.74) is 1.67. The Kier molecular flexibility index (Phi) is 8.83. The molecular formula is C57H33F3N2O4S2. The quantitative estimate of drug-likeness (QED) is 0.118. The summed E-state index contributed by atoms with van der Waals surface area (Å²) in [6.07, 6.45) is 0. The monoisotopic (exact) mass is 930 g/mol. The Morgan fingerprint density at radius 2 is 1.06 bits per heavy atom. The molecule has 0 N–H and O–H groups in total. The molecule has 68 heavy (non-hydrogen) atoms. The van der Waals surface area contributed by atoms with Crippen LogP contribution in [-0.2, 0) is 10.1 Å². The van der Waals surface area contributed by atoms with Gasteiger partial charge in [0.15, 0.2) is 5.58 Å². The number of hydrogen-bond donors (Lipinski definition) is 0. The maximum Gasteiger partial charge on any atom is 0.534 e. The number of thiophene rings is 1. The van der Waals surface area contributed by atoms with E-state index in [4.69, 9.17) is 8.60 Å². The third-order valence-electron chi connectivity index (χ3n) is 12.9. The third kappa shape index (κ3) is 6.12. The molecule has 3 aromatic heterocycles. The van der Waals surface area contributed by atoms with Crippen molar-refractivity contribution in [2.24, 2.45) is 0 Å². The van der Waals surface area contributed by atoms with Crippen LogP contribution in [0.3, 0.4) is 0 Å². The Morgan fingerprint density at radius 1 is 0.485 bits per heavy atom. The molecule has 0 amide bonds. The van der Waals surface area contributed by atoms with Gasteiger partial charge in [-0.25, -0.2) is 0 Å². The Labute approximate surface area is 390 Å². The van der Waals surface area contributed by atoms with Crippen molar-refractivity contribution in [3.63, 3.8) is 0 Å². The standard InChI is InChI=1S/C57H33F3N2O4S2/c58-57(59,60)68(63,64)66-37-30-48-49-33-45(44-32-47-40-21-11-13-25-50(40)62(35-17-5-2-6-18-35)54(47)42-23-9-7-19-38(42)44)39-20-8-10-24-43(39)55(49)65-56(48)51(31-37)61(34-15-3-1-4-16-34)36-27-28-53-46(29-36)41-22-12-14-26-52(41)67-53/h1-33H. The van der Waals surface area contributed by atoms with Crippen LogP contribution in [0.25, 0.3) is 102 Å². The molecule has 0 radical (unpaired) electrons. The molecule has 6 nitrogen and oxygen atoms in total. The third-order valence-corrected chi connectivity index (χ3v) is 15.0. The van der Waals surface area contributed by atoms with Crippen LogP contribution >= 0.6 is 11.3 Å². The largest absolute Gasteiger partial charge is 0.534 e. The fraction of sp³-hybridized carbons (Fsp3) is 0.0175. The smallest absolute Gasteiger partial charge is 0.453 e. The second-order valence-corrected chi connectivity index (χ2v) is 19.4. The SMILES string of the molecule is O=S(=O)(Oc1cc(N(c2ccccc2)c2ccc3sc4ccccc4c3c2)c2oc3c4ccccc4c(-c4cc5c6ccccc6n(-c6ccccc6)c5c5ccccc45)cc3c2c1)C(F)(F)F. The highest BCUT2D eigenvalue weighted by Gasteiger charge is 2.48. The van der Waals surface area contributed by atoms with E-state index >= 15 is 0 Å². The van der Waals surface area contributed by atoms with Gasteiger partial charge < -0.3 is 18.1 Å². The van der Waals surface area contributed by atoms with Gasteiger partial charge in [0.25, 0.3) is 0 Å². The number of nitrogens with zero attached hydrogens (tertiary/aromatic N) is 2. The molecule has 11 heteroatoms. The van der Waals surface area contributed by atoms with Crippen LogP contribution in [0.15, 0.2) is 205 Å². The van der Waals surface area contributed by atoms with Crippen LogP contribution in [0.2, 0.25) is 0 Å². The molecule has 0 bridgehead atoms. The predicted molar refractivity (Wildman–Crippen MR) is 272 cm³/mol. The number of fused-ring (bicyclic) bond motifs is 13. The first-order valence-electron chi connectivity index (χ1n) is 21.8.